The molecule has 7 nitrogen and oxygen atoms in total. The van der Waals surface area contributed by atoms with Crippen molar-refractivity contribution in [3.63, 3.8) is 0 Å². The van der Waals surface area contributed by atoms with E-state index in [1.54, 1.807) is 18.2 Å². The predicted octanol–water partition coefficient (Wildman–Crippen LogP) is 1.01. The van der Waals surface area contributed by atoms with E-state index in [0.717, 1.165) is 5.56 Å². The van der Waals surface area contributed by atoms with Crippen LogP contribution in [0.4, 0.5) is 0 Å². The first kappa shape index (κ1) is 18.6. The van der Waals surface area contributed by atoms with E-state index in [1.165, 1.54) is 0 Å². The SMILES string of the molecule is Cc1cccc(C(=O)NCCCC(CC(N)C(=O)O)C(=O)O)c1. The minimum Gasteiger partial charge on any atom is -0.481 e. The molecule has 2 unspecified atom stereocenters. The topological polar surface area (TPSA) is 130 Å². The van der Waals surface area contributed by atoms with Crippen molar-refractivity contribution in [2.75, 3.05) is 6.54 Å². The van der Waals surface area contributed by atoms with Gasteiger partial charge in [0.25, 0.3) is 5.91 Å². The molecule has 0 radical (unpaired) electrons. The summed E-state index contributed by atoms with van der Waals surface area (Å²) in [6.07, 6.45) is 0.557. The zero-order valence-electron chi connectivity index (χ0n) is 13.0. The predicted molar refractivity (Wildman–Crippen MR) is 84.1 cm³/mol. The molecule has 1 rings (SSSR count). The molecule has 0 saturated heterocycles. The van der Waals surface area contributed by atoms with Crippen LogP contribution >= 0.6 is 0 Å². The Hall–Kier alpha value is -2.41. The van der Waals surface area contributed by atoms with Gasteiger partial charge >= 0.3 is 11.9 Å². The highest BCUT2D eigenvalue weighted by molar-refractivity contribution is 5.94. The van der Waals surface area contributed by atoms with Crippen molar-refractivity contribution >= 4 is 17.8 Å². The number of hydrogen-bond donors (Lipinski definition) is 4. The molecule has 0 spiro atoms. The number of amides is 1. The number of benzene rings is 1. The smallest absolute Gasteiger partial charge is 0.320 e. The van der Waals surface area contributed by atoms with Gasteiger partial charge in [-0.25, -0.2) is 0 Å². The van der Waals surface area contributed by atoms with E-state index in [0.29, 0.717) is 18.5 Å². The maximum atomic E-state index is 11.9. The quantitative estimate of drug-likeness (QED) is 0.502. The summed E-state index contributed by atoms with van der Waals surface area (Å²) in [6, 6.07) is 5.95. The van der Waals surface area contributed by atoms with Crippen molar-refractivity contribution in [3.8, 4) is 0 Å². The molecule has 0 saturated carbocycles. The van der Waals surface area contributed by atoms with E-state index < -0.39 is 23.9 Å². The molecule has 7 heteroatoms. The second-order valence-electron chi connectivity index (χ2n) is 5.48. The zero-order valence-corrected chi connectivity index (χ0v) is 13.0. The molecule has 0 heterocycles. The standard InChI is InChI=1S/C16H22N2O5/c1-10-4-2-5-11(8-10)14(19)18-7-3-6-12(15(20)21)9-13(17)16(22)23/h2,4-5,8,12-13H,3,6-7,9,17H2,1H3,(H,18,19)(H,20,21)(H,22,23). The maximum absolute atomic E-state index is 11.9. The van der Waals surface area contributed by atoms with Crippen LogP contribution in [0.3, 0.4) is 0 Å². The summed E-state index contributed by atoms with van der Waals surface area (Å²) in [5.74, 6) is -3.35. The molecule has 1 aromatic rings. The van der Waals surface area contributed by atoms with Crippen molar-refractivity contribution in [2.45, 2.75) is 32.2 Å². The molecule has 0 aliphatic carbocycles. The number of nitrogens with one attached hydrogen (secondary N) is 1. The third kappa shape index (κ3) is 6.48. The van der Waals surface area contributed by atoms with E-state index in [-0.39, 0.29) is 18.7 Å². The Morgan fingerprint density at radius 3 is 2.48 bits per heavy atom. The molecule has 0 aliphatic heterocycles. The van der Waals surface area contributed by atoms with Crippen LogP contribution in [0, 0.1) is 12.8 Å². The van der Waals surface area contributed by atoms with Gasteiger partial charge < -0.3 is 21.3 Å². The number of aryl methyl sites for hydroxylation is 1. The van der Waals surface area contributed by atoms with Gasteiger partial charge in [-0.1, -0.05) is 17.7 Å². The fourth-order valence-corrected chi connectivity index (χ4v) is 2.19. The van der Waals surface area contributed by atoms with Gasteiger partial charge in [0.15, 0.2) is 0 Å². The fraction of sp³-hybridized carbons (Fsp3) is 0.438. The molecule has 2 atom stereocenters. The van der Waals surface area contributed by atoms with Gasteiger partial charge in [0.1, 0.15) is 6.04 Å². The summed E-state index contributed by atoms with van der Waals surface area (Å²) in [4.78, 5) is 33.7. The number of nitrogens with two attached hydrogens (primary N) is 1. The monoisotopic (exact) mass is 322 g/mol. The van der Waals surface area contributed by atoms with Gasteiger partial charge in [-0.05, 0) is 38.3 Å². The lowest BCUT2D eigenvalue weighted by molar-refractivity contribution is -0.143. The van der Waals surface area contributed by atoms with Gasteiger partial charge in [0.05, 0.1) is 5.92 Å². The van der Waals surface area contributed by atoms with E-state index >= 15 is 0 Å². The number of rotatable bonds is 9. The normalized spacial score (nSPS) is 13.1. The number of carboxylic acids is 2. The third-order valence-electron chi connectivity index (χ3n) is 3.50. The van der Waals surface area contributed by atoms with Gasteiger partial charge in [0, 0.05) is 12.1 Å². The number of aliphatic carboxylic acids is 2. The van der Waals surface area contributed by atoms with Gasteiger partial charge in [-0.15, -0.1) is 0 Å². The average molecular weight is 322 g/mol. The van der Waals surface area contributed by atoms with E-state index in [1.807, 2.05) is 13.0 Å². The van der Waals surface area contributed by atoms with Crippen LogP contribution in [-0.2, 0) is 9.59 Å². The molecular weight excluding hydrogens is 300 g/mol. The van der Waals surface area contributed by atoms with Crippen LogP contribution < -0.4 is 11.1 Å². The van der Waals surface area contributed by atoms with E-state index in [4.69, 9.17) is 15.9 Å². The molecule has 0 fully saturated rings. The molecule has 1 aromatic carbocycles. The van der Waals surface area contributed by atoms with Crippen LogP contribution in [0.15, 0.2) is 24.3 Å². The lowest BCUT2D eigenvalue weighted by Crippen LogP contribution is -2.34. The number of carbonyl (C=O) groups is 3. The Morgan fingerprint density at radius 2 is 1.91 bits per heavy atom. The van der Waals surface area contributed by atoms with Crippen molar-refractivity contribution in [2.24, 2.45) is 11.7 Å². The Morgan fingerprint density at radius 1 is 1.22 bits per heavy atom. The maximum Gasteiger partial charge on any atom is 0.320 e. The zero-order chi connectivity index (χ0) is 17.4. The van der Waals surface area contributed by atoms with Crippen LogP contribution in [0.2, 0.25) is 0 Å². The van der Waals surface area contributed by atoms with Crippen LogP contribution in [-0.4, -0.2) is 40.6 Å². The summed E-state index contributed by atoms with van der Waals surface area (Å²) < 4.78 is 0. The summed E-state index contributed by atoms with van der Waals surface area (Å²) in [6.45, 7) is 2.21. The molecule has 0 aliphatic rings. The molecule has 0 aromatic heterocycles. The molecule has 0 bridgehead atoms. The third-order valence-corrected chi connectivity index (χ3v) is 3.50. The minimum atomic E-state index is -1.22. The highest BCUT2D eigenvalue weighted by atomic mass is 16.4. The Bertz CT molecular complexity index is 573. The van der Waals surface area contributed by atoms with Crippen LogP contribution in [0.1, 0.15) is 35.2 Å². The summed E-state index contributed by atoms with van der Waals surface area (Å²) >= 11 is 0. The van der Waals surface area contributed by atoms with Crippen molar-refractivity contribution < 1.29 is 24.6 Å². The molecule has 5 N–H and O–H groups in total. The first-order valence-corrected chi connectivity index (χ1v) is 7.37. The van der Waals surface area contributed by atoms with Gasteiger partial charge in [-0.2, -0.15) is 0 Å². The van der Waals surface area contributed by atoms with E-state index in [2.05, 4.69) is 5.32 Å². The van der Waals surface area contributed by atoms with Crippen LogP contribution in [0.25, 0.3) is 0 Å². The van der Waals surface area contributed by atoms with Crippen molar-refractivity contribution in [3.05, 3.63) is 35.4 Å². The highest BCUT2D eigenvalue weighted by Crippen LogP contribution is 2.13. The largest absolute Gasteiger partial charge is 0.481 e. The summed E-state index contributed by atoms with van der Waals surface area (Å²) in [7, 11) is 0. The Labute approximate surface area is 134 Å². The van der Waals surface area contributed by atoms with Crippen molar-refractivity contribution in [1.29, 1.82) is 0 Å². The number of carboxylic acid groups (broad SMARTS) is 2. The molecular formula is C16H22N2O5. The van der Waals surface area contributed by atoms with Gasteiger partial charge in [0.2, 0.25) is 0 Å². The van der Waals surface area contributed by atoms with Crippen molar-refractivity contribution in [1.82, 2.24) is 5.32 Å². The Balaban J connectivity index is 2.40. The minimum absolute atomic E-state index is 0.128. The highest BCUT2D eigenvalue weighted by Gasteiger charge is 2.23. The van der Waals surface area contributed by atoms with Crippen LogP contribution in [0.5, 0.6) is 0 Å². The lowest BCUT2D eigenvalue weighted by atomic mass is 9.95. The second kappa shape index (κ2) is 8.89. The number of hydrogen-bond acceptors (Lipinski definition) is 4. The summed E-state index contributed by atoms with van der Waals surface area (Å²) in [5.41, 5.74) is 6.89. The van der Waals surface area contributed by atoms with E-state index in [9.17, 15) is 14.4 Å². The first-order chi connectivity index (χ1) is 10.8. The molecule has 126 valence electrons. The first-order valence-electron chi connectivity index (χ1n) is 7.37. The Kier molecular flexibility index (Phi) is 7.21. The van der Waals surface area contributed by atoms with Gasteiger partial charge in [-0.3, -0.25) is 14.4 Å². The average Bonchev–Trinajstić information content (AvgIpc) is 2.49. The molecule has 1 amide bonds. The second-order valence-corrected chi connectivity index (χ2v) is 5.48. The lowest BCUT2D eigenvalue weighted by Gasteiger charge is -2.15. The summed E-state index contributed by atoms with van der Waals surface area (Å²) in [5, 5.41) is 20.5. The molecule has 23 heavy (non-hydrogen) atoms. The number of carbonyl (C=O) groups excluding carboxylic acids is 1. The fourth-order valence-electron chi connectivity index (χ4n) is 2.19.